The first-order valence-electron chi connectivity index (χ1n) is 5.92. The van der Waals surface area contributed by atoms with Gasteiger partial charge < -0.3 is 5.32 Å². The Hall–Kier alpha value is -1.36. The first-order chi connectivity index (χ1) is 8.35. The number of amides is 1. The van der Waals surface area contributed by atoms with Crippen molar-refractivity contribution < 1.29 is 13.2 Å². The van der Waals surface area contributed by atoms with Gasteiger partial charge in [0.25, 0.3) is 0 Å². The van der Waals surface area contributed by atoms with E-state index < -0.39 is 21.5 Å². The van der Waals surface area contributed by atoms with Gasteiger partial charge in [0, 0.05) is 5.69 Å². The summed E-state index contributed by atoms with van der Waals surface area (Å²) in [7, 11) is -3.29. The van der Waals surface area contributed by atoms with Crippen molar-refractivity contribution >= 4 is 21.4 Å². The lowest BCUT2D eigenvalue weighted by atomic mass is 10.1. The molecule has 4 nitrogen and oxygen atoms in total. The molecule has 0 heterocycles. The summed E-state index contributed by atoms with van der Waals surface area (Å²) in [4.78, 5) is 11.7. The van der Waals surface area contributed by atoms with E-state index in [1.807, 2.05) is 26.0 Å². The van der Waals surface area contributed by atoms with Crippen LogP contribution in [0.15, 0.2) is 18.2 Å². The maximum Gasteiger partial charge on any atom is 0.239 e. The zero-order valence-electron chi connectivity index (χ0n) is 11.0. The smallest absolute Gasteiger partial charge is 0.239 e. The molecule has 0 radical (unpaired) electrons. The molecule has 0 saturated carbocycles. The highest BCUT2D eigenvalue weighted by Gasteiger charge is 2.16. The fraction of sp³-hybridized carbons (Fsp3) is 0.462. The van der Waals surface area contributed by atoms with Crippen LogP contribution >= 0.6 is 0 Å². The van der Waals surface area contributed by atoms with Crippen LogP contribution in [0.3, 0.4) is 0 Å². The van der Waals surface area contributed by atoms with Crippen LogP contribution in [-0.4, -0.2) is 25.8 Å². The highest BCUT2D eigenvalue weighted by atomic mass is 32.2. The number of nitrogens with one attached hydrogen (secondary N) is 1. The van der Waals surface area contributed by atoms with E-state index in [1.54, 1.807) is 13.0 Å². The van der Waals surface area contributed by atoms with Gasteiger partial charge in [-0.15, -0.1) is 0 Å². The molecule has 0 aromatic heterocycles. The van der Waals surface area contributed by atoms with E-state index in [1.165, 1.54) is 0 Å². The van der Waals surface area contributed by atoms with Crippen molar-refractivity contribution in [2.24, 2.45) is 0 Å². The molecule has 0 aliphatic heterocycles. The molecule has 18 heavy (non-hydrogen) atoms. The summed E-state index contributed by atoms with van der Waals surface area (Å²) < 4.78 is 23.0. The largest absolute Gasteiger partial charge is 0.325 e. The van der Waals surface area contributed by atoms with Gasteiger partial charge in [0.2, 0.25) is 5.91 Å². The number of rotatable bonds is 5. The van der Waals surface area contributed by atoms with Crippen LogP contribution in [0.2, 0.25) is 0 Å². The predicted molar refractivity (Wildman–Crippen MR) is 73.5 cm³/mol. The molecule has 1 aromatic rings. The number of sulfone groups is 1. The van der Waals surface area contributed by atoms with Crippen molar-refractivity contribution in [1.29, 1.82) is 0 Å². The van der Waals surface area contributed by atoms with Gasteiger partial charge >= 0.3 is 0 Å². The summed E-state index contributed by atoms with van der Waals surface area (Å²) in [6.45, 7) is 5.62. The van der Waals surface area contributed by atoms with E-state index in [2.05, 4.69) is 5.32 Å². The minimum absolute atomic E-state index is 0.0488. The van der Waals surface area contributed by atoms with E-state index >= 15 is 0 Å². The summed E-state index contributed by atoms with van der Waals surface area (Å²) in [5, 5.41) is 2.65. The third kappa shape index (κ3) is 4.14. The van der Waals surface area contributed by atoms with Gasteiger partial charge in [0.05, 0.1) is 5.75 Å². The van der Waals surface area contributed by atoms with E-state index in [0.717, 1.165) is 11.1 Å². The van der Waals surface area contributed by atoms with Crippen molar-refractivity contribution in [3.63, 3.8) is 0 Å². The zero-order valence-corrected chi connectivity index (χ0v) is 11.8. The molecular formula is C13H19NO3S. The van der Waals surface area contributed by atoms with Crippen LogP contribution in [0.4, 0.5) is 5.69 Å². The molecule has 5 heteroatoms. The third-order valence-corrected chi connectivity index (χ3v) is 4.48. The maximum absolute atomic E-state index is 11.7. The third-order valence-electron chi connectivity index (χ3n) is 2.74. The zero-order chi connectivity index (χ0) is 13.8. The molecule has 1 aromatic carbocycles. The molecule has 0 spiro atoms. The van der Waals surface area contributed by atoms with Crippen LogP contribution in [0.25, 0.3) is 0 Å². The second-order valence-corrected chi connectivity index (χ2v) is 6.57. The Kier molecular flexibility index (Phi) is 4.90. The normalized spacial score (nSPS) is 11.3. The van der Waals surface area contributed by atoms with Gasteiger partial charge in [-0.2, -0.15) is 0 Å². The molecule has 0 aliphatic rings. The lowest BCUT2D eigenvalue weighted by molar-refractivity contribution is -0.113. The fourth-order valence-electron chi connectivity index (χ4n) is 1.66. The minimum Gasteiger partial charge on any atom is -0.325 e. The lowest BCUT2D eigenvalue weighted by Gasteiger charge is -2.10. The Morgan fingerprint density at radius 2 is 1.94 bits per heavy atom. The molecular weight excluding hydrogens is 250 g/mol. The number of aryl methyl sites for hydroxylation is 1. The molecule has 0 saturated heterocycles. The highest BCUT2D eigenvalue weighted by Crippen LogP contribution is 2.17. The van der Waals surface area contributed by atoms with Gasteiger partial charge in [0.15, 0.2) is 9.84 Å². The summed E-state index contributed by atoms with van der Waals surface area (Å²) in [6.07, 6.45) is 0.527. The Labute approximate surface area is 108 Å². The van der Waals surface area contributed by atoms with Crippen LogP contribution in [0, 0.1) is 13.8 Å². The summed E-state index contributed by atoms with van der Waals surface area (Å²) in [5.74, 6) is -0.876. The van der Waals surface area contributed by atoms with Crippen molar-refractivity contribution in [2.75, 3.05) is 16.8 Å². The predicted octanol–water partition coefficient (Wildman–Crippen LogP) is 2.07. The number of carbonyl (C=O) groups excluding carboxylic acids is 1. The number of hydrogen-bond acceptors (Lipinski definition) is 3. The number of carbonyl (C=O) groups is 1. The first-order valence-corrected chi connectivity index (χ1v) is 7.74. The summed E-state index contributed by atoms with van der Waals surface area (Å²) in [5.41, 5.74) is 2.69. The maximum atomic E-state index is 11.7. The summed E-state index contributed by atoms with van der Waals surface area (Å²) in [6, 6.07) is 5.55. The fourth-order valence-corrected chi connectivity index (χ4v) is 2.89. The number of benzene rings is 1. The Balaban J connectivity index is 2.74. The minimum atomic E-state index is -3.29. The van der Waals surface area contributed by atoms with Crippen LogP contribution in [-0.2, 0) is 14.6 Å². The monoisotopic (exact) mass is 269 g/mol. The second kappa shape index (κ2) is 6.00. The number of hydrogen-bond donors (Lipinski definition) is 1. The Bertz CT molecular complexity index is 535. The van der Waals surface area contributed by atoms with Crippen molar-refractivity contribution in [2.45, 2.75) is 27.2 Å². The van der Waals surface area contributed by atoms with E-state index in [4.69, 9.17) is 0 Å². The molecule has 100 valence electrons. The highest BCUT2D eigenvalue weighted by molar-refractivity contribution is 7.92. The van der Waals surface area contributed by atoms with Crippen molar-refractivity contribution in [3.05, 3.63) is 29.3 Å². The van der Waals surface area contributed by atoms with Gasteiger partial charge in [-0.25, -0.2) is 8.42 Å². The molecule has 1 rings (SSSR count). The van der Waals surface area contributed by atoms with E-state index in [0.29, 0.717) is 12.1 Å². The van der Waals surface area contributed by atoms with E-state index in [9.17, 15) is 13.2 Å². The van der Waals surface area contributed by atoms with Gasteiger partial charge in [-0.1, -0.05) is 19.1 Å². The molecule has 0 bridgehead atoms. The number of anilines is 1. The van der Waals surface area contributed by atoms with Crippen molar-refractivity contribution in [1.82, 2.24) is 0 Å². The molecule has 1 N–H and O–H groups in total. The Morgan fingerprint density at radius 1 is 1.28 bits per heavy atom. The standard InChI is InChI=1S/C13H19NO3S/c1-4-8-18(16,17)9-13(15)14-12-7-5-6-10(2)11(12)3/h5-7H,4,8-9H2,1-3H3,(H,14,15). The summed E-state index contributed by atoms with van der Waals surface area (Å²) >= 11 is 0. The topological polar surface area (TPSA) is 63.2 Å². The molecule has 0 unspecified atom stereocenters. The molecule has 0 fully saturated rings. The van der Waals surface area contributed by atoms with Gasteiger partial charge in [0.1, 0.15) is 5.75 Å². The van der Waals surface area contributed by atoms with Crippen LogP contribution in [0.5, 0.6) is 0 Å². The molecule has 0 atom stereocenters. The molecule has 1 amide bonds. The average Bonchev–Trinajstić information content (AvgIpc) is 2.23. The quantitative estimate of drug-likeness (QED) is 0.890. The van der Waals surface area contributed by atoms with Gasteiger partial charge in [-0.3, -0.25) is 4.79 Å². The van der Waals surface area contributed by atoms with E-state index in [-0.39, 0.29) is 5.75 Å². The van der Waals surface area contributed by atoms with Gasteiger partial charge in [-0.05, 0) is 37.5 Å². The average molecular weight is 269 g/mol. The van der Waals surface area contributed by atoms with Crippen LogP contribution < -0.4 is 5.32 Å². The Morgan fingerprint density at radius 3 is 2.56 bits per heavy atom. The lowest BCUT2D eigenvalue weighted by Crippen LogP contribution is -2.24. The van der Waals surface area contributed by atoms with Crippen molar-refractivity contribution in [3.8, 4) is 0 Å². The van der Waals surface area contributed by atoms with Crippen LogP contribution in [0.1, 0.15) is 24.5 Å². The molecule has 0 aliphatic carbocycles. The second-order valence-electron chi connectivity index (χ2n) is 4.39. The SMILES string of the molecule is CCCS(=O)(=O)CC(=O)Nc1cccc(C)c1C. The first kappa shape index (κ1) is 14.7.